The number of aromatic nitrogens is 1. The first-order valence-electron chi connectivity index (χ1n) is 9.51. The molecule has 3 aromatic rings. The Morgan fingerprint density at radius 3 is 2.42 bits per heavy atom. The second kappa shape index (κ2) is 8.57. The van der Waals surface area contributed by atoms with Crippen molar-refractivity contribution in [1.82, 2.24) is 4.98 Å². The Kier molecular flexibility index (Phi) is 5.68. The minimum absolute atomic E-state index is 0.00523. The van der Waals surface area contributed by atoms with Gasteiger partial charge in [-0.3, -0.25) is 9.59 Å². The Morgan fingerprint density at radius 2 is 1.74 bits per heavy atom. The van der Waals surface area contributed by atoms with Crippen LogP contribution in [0.2, 0.25) is 5.15 Å². The van der Waals surface area contributed by atoms with Gasteiger partial charge < -0.3 is 9.47 Å². The highest BCUT2D eigenvalue weighted by Gasteiger charge is 2.37. The van der Waals surface area contributed by atoms with E-state index in [9.17, 15) is 14.4 Å². The highest BCUT2D eigenvalue weighted by molar-refractivity contribution is 6.34. The lowest BCUT2D eigenvalue weighted by atomic mass is 10.1. The Labute approximate surface area is 183 Å². The zero-order valence-electron chi connectivity index (χ0n) is 16.5. The zero-order valence-corrected chi connectivity index (χ0v) is 17.3. The van der Waals surface area contributed by atoms with E-state index in [-0.39, 0.29) is 23.3 Å². The summed E-state index contributed by atoms with van der Waals surface area (Å²) in [7, 11) is 0. The van der Waals surface area contributed by atoms with Crippen molar-refractivity contribution in [2.75, 3.05) is 11.5 Å². The minimum Gasteiger partial charge on any atom is -0.494 e. The van der Waals surface area contributed by atoms with Gasteiger partial charge in [-0.1, -0.05) is 17.7 Å². The lowest BCUT2D eigenvalue weighted by molar-refractivity contribution is 0.0472. The second-order valence-electron chi connectivity index (χ2n) is 6.70. The van der Waals surface area contributed by atoms with E-state index in [0.717, 1.165) is 4.90 Å². The van der Waals surface area contributed by atoms with Crippen LogP contribution in [0, 0.1) is 0 Å². The van der Waals surface area contributed by atoms with E-state index in [1.165, 1.54) is 24.4 Å². The highest BCUT2D eigenvalue weighted by Crippen LogP contribution is 2.30. The fourth-order valence-electron chi connectivity index (χ4n) is 3.18. The summed E-state index contributed by atoms with van der Waals surface area (Å²) >= 11 is 5.74. The fraction of sp³-hybridized carbons (Fsp3) is 0.130. The smallest absolute Gasteiger partial charge is 0.338 e. The summed E-state index contributed by atoms with van der Waals surface area (Å²) in [5, 5.41) is 0.342. The molecule has 1 aliphatic rings. The van der Waals surface area contributed by atoms with Gasteiger partial charge in [0.2, 0.25) is 0 Å². The third kappa shape index (κ3) is 4.13. The highest BCUT2D eigenvalue weighted by atomic mass is 35.5. The van der Waals surface area contributed by atoms with Gasteiger partial charge in [-0.25, -0.2) is 14.7 Å². The molecule has 2 heterocycles. The third-order valence-corrected chi connectivity index (χ3v) is 4.91. The number of anilines is 1. The number of imide groups is 1. The molecule has 4 rings (SSSR count). The molecule has 2 aromatic carbocycles. The van der Waals surface area contributed by atoms with Crippen molar-refractivity contribution in [2.24, 2.45) is 0 Å². The number of benzene rings is 2. The largest absolute Gasteiger partial charge is 0.494 e. The fourth-order valence-corrected chi connectivity index (χ4v) is 3.30. The van der Waals surface area contributed by atoms with Crippen LogP contribution in [0.1, 0.15) is 43.6 Å². The molecule has 0 aliphatic carbocycles. The lowest BCUT2D eigenvalue weighted by Crippen LogP contribution is -2.29. The third-order valence-electron chi connectivity index (χ3n) is 4.69. The average molecular weight is 437 g/mol. The molecule has 31 heavy (non-hydrogen) atoms. The van der Waals surface area contributed by atoms with Crippen LogP contribution in [0.4, 0.5) is 5.69 Å². The summed E-state index contributed by atoms with van der Waals surface area (Å²) in [6.07, 6.45) is 1.51. The van der Waals surface area contributed by atoms with Gasteiger partial charge in [0.1, 0.15) is 17.5 Å². The molecule has 8 heteroatoms. The summed E-state index contributed by atoms with van der Waals surface area (Å²) in [6.45, 7) is 2.39. The lowest BCUT2D eigenvalue weighted by Gasteiger charge is -2.14. The van der Waals surface area contributed by atoms with Gasteiger partial charge in [0.05, 0.1) is 29.0 Å². The molecule has 2 amide bonds. The molecule has 0 bridgehead atoms. The van der Waals surface area contributed by atoms with Gasteiger partial charge in [-0.05, 0) is 55.5 Å². The second-order valence-corrected chi connectivity index (χ2v) is 7.09. The van der Waals surface area contributed by atoms with Crippen molar-refractivity contribution in [3.8, 4) is 5.75 Å². The summed E-state index contributed by atoms with van der Waals surface area (Å²) < 4.78 is 10.7. The monoisotopic (exact) mass is 436 g/mol. The predicted octanol–water partition coefficient (Wildman–Crippen LogP) is 4.29. The van der Waals surface area contributed by atoms with Gasteiger partial charge >= 0.3 is 5.97 Å². The first-order valence-corrected chi connectivity index (χ1v) is 9.89. The number of hydrogen-bond donors (Lipinski definition) is 0. The number of rotatable bonds is 6. The van der Waals surface area contributed by atoms with Gasteiger partial charge in [-0.2, -0.15) is 0 Å². The average Bonchev–Trinajstić information content (AvgIpc) is 3.03. The molecule has 0 radical (unpaired) electrons. The van der Waals surface area contributed by atoms with Gasteiger partial charge in [-0.15, -0.1) is 0 Å². The van der Waals surface area contributed by atoms with Crippen LogP contribution in [0.3, 0.4) is 0 Å². The van der Waals surface area contributed by atoms with Crippen molar-refractivity contribution in [1.29, 1.82) is 0 Å². The van der Waals surface area contributed by atoms with E-state index in [2.05, 4.69) is 4.98 Å². The molecule has 0 unspecified atom stereocenters. The van der Waals surface area contributed by atoms with E-state index in [4.69, 9.17) is 21.1 Å². The number of ether oxygens (including phenoxy) is 2. The van der Waals surface area contributed by atoms with E-state index in [0.29, 0.717) is 28.8 Å². The van der Waals surface area contributed by atoms with Crippen LogP contribution >= 0.6 is 11.6 Å². The number of nitrogens with zero attached hydrogens (tertiary/aromatic N) is 2. The molecular weight excluding hydrogens is 420 g/mol. The van der Waals surface area contributed by atoms with Crippen molar-refractivity contribution in [3.63, 3.8) is 0 Å². The molecular formula is C23H17ClN2O5. The minimum atomic E-state index is -0.613. The van der Waals surface area contributed by atoms with Crippen LogP contribution in [0.5, 0.6) is 5.75 Å². The van der Waals surface area contributed by atoms with E-state index < -0.39 is 17.8 Å². The number of amides is 2. The molecule has 1 aromatic heterocycles. The Morgan fingerprint density at radius 1 is 1.00 bits per heavy atom. The summed E-state index contributed by atoms with van der Waals surface area (Å²) in [4.78, 5) is 43.1. The van der Waals surface area contributed by atoms with Gasteiger partial charge in [0.15, 0.2) is 0 Å². The molecule has 0 fully saturated rings. The van der Waals surface area contributed by atoms with E-state index >= 15 is 0 Å². The van der Waals surface area contributed by atoms with Crippen LogP contribution < -0.4 is 9.64 Å². The van der Waals surface area contributed by atoms with Crippen LogP contribution in [-0.4, -0.2) is 29.4 Å². The normalized spacial score (nSPS) is 12.6. The number of pyridine rings is 1. The predicted molar refractivity (Wildman–Crippen MR) is 114 cm³/mol. The van der Waals surface area contributed by atoms with Crippen LogP contribution in [0.15, 0.2) is 60.8 Å². The number of carbonyl (C=O) groups is 3. The Hall–Kier alpha value is -3.71. The first-order chi connectivity index (χ1) is 15.0. The van der Waals surface area contributed by atoms with E-state index in [1.54, 1.807) is 36.4 Å². The summed E-state index contributed by atoms with van der Waals surface area (Å²) in [5.41, 5.74) is 1.66. The maximum absolute atomic E-state index is 12.9. The van der Waals surface area contributed by atoms with Crippen molar-refractivity contribution in [3.05, 3.63) is 88.2 Å². The molecule has 0 saturated heterocycles. The summed E-state index contributed by atoms with van der Waals surface area (Å²) in [5.74, 6) is -0.918. The number of hydrogen-bond acceptors (Lipinski definition) is 6. The molecule has 7 nitrogen and oxygen atoms in total. The van der Waals surface area contributed by atoms with Gasteiger partial charge in [0.25, 0.3) is 11.8 Å². The quantitative estimate of drug-likeness (QED) is 0.325. The van der Waals surface area contributed by atoms with Crippen molar-refractivity contribution >= 4 is 35.1 Å². The Bertz CT molecular complexity index is 1160. The van der Waals surface area contributed by atoms with Crippen LogP contribution in [-0.2, 0) is 11.3 Å². The van der Waals surface area contributed by atoms with Crippen molar-refractivity contribution in [2.45, 2.75) is 13.5 Å². The number of carbonyl (C=O) groups excluding carboxylic acids is 3. The number of esters is 1. The number of halogens is 1. The molecule has 0 N–H and O–H groups in total. The van der Waals surface area contributed by atoms with Crippen LogP contribution in [0.25, 0.3) is 0 Å². The Balaban J connectivity index is 1.51. The molecule has 0 spiro atoms. The first kappa shape index (κ1) is 20.6. The SMILES string of the molecule is CCOc1ccc(N2C(=O)c3ccc(C(=O)OCc4ccc(Cl)nc4)cc3C2=O)cc1. The number of fused-ring (bicyclic) bond motifs is 1. The molecule has 0 atom stereocenters. The van der Waals surface area contributed by atoms with Crippen molar-refractivity contribution < 1.29 is 23.9 Å². The molecule has 1 aliphatic heterocycles. The van der Waals surface area contributed by atoms with Gasteiger partial charge in [0, 0.05) is 11.8 Å². The summed E-state index contributed by atoms with van der Waals surface area (Å²) in [6, 6.07) is 14.3. The van der Waals surface area contributed by atoms with E-state index in [1.807, 2.05) is 6.92 Å². The zero-order chi connectivity index (χ0) is 22.0. The molecule has 156 valence electrons. The standard InChI is InChI=1S/C23H17ClN2O5/c1-2-30-17-7-5-16(6-8-17)26-21(27)18-9-4-15(11-19(18)22(26)28)23(29)31-13-14-3-10-20(24)25-12-14/h3-12H,2,13H2,1H3. The molecule has 0 saturated carbocycles. The topological polar surface area (TPSA) is 85.8 Å². The maximum atomic E-state index is 12.9. The maximum Gasteiger partial charge on any atom is 0.338 e.